The zero-order valence-electron chi connectivity index (χ0n) is 12.3. The summed E-state index contributed by atoms with van der Waals surface area (Å²) >= 11 is 0. The van der Waals surface area contributed by atoms with Crippen molar-refractivity contribution >= 4 is 22.5 Å². The van der Waals surface area contributed by atoms with Gasteiger partial charge in [0.1, 0.15) is 6.07 Å². The lowest BCUT2D eigenvalue weighted by Gasteiger charge is -2.35. The van der Waals surface area contributed by atoms with Gasteiger partial charge in [-0.2, -0.15) is 5.26 Å². The average Bonchev–Trinajstić information content (AvgIpc) is 2.53. The van der Waals surface area contributed by atoms with E-state index in [1.807, 2.05) is 24.3 Å². The molecule has 5 heteroatoms. The molecule has 0 saturated carbocycles. The number of nitriles is 1. The minimum atomic E-state index is -0.257. The number of carbonyl (C=O) groups is 1. The van der Waals surface area contributed by atoms with Crippen LogP contribution in [0, 0.1) is 17.2 Å². The molecule has 1 amide bonds. The van der Waals surface area contributed by atoms with Crippen molar-refractivity contribution < 1.29 is 4.79 Å². The lowest BCUT2D eigenvalue weighted by Crippen LogP contribution is -2.37. The molecule has 22 heavy (non-hydrogen) atoms. The van der Waals surface area contributed by atoms with Crippen molar-refractivity contribution in [3.63, 3.8) is 0 Å². The number of benzene rings is 1. The number of aromatic nitrogens is 1. The Kier molecular flexibility index (Phi) is 3.92. The second-order valence-electron chi connectivity index (χ2n) is 5.77. The average molecular weight is 294 g/mol. The first-order valence-corrected chi connectivity index (χ1v) is 7.50. The van der Waals surface area contributed by atoms with Crippen LogP contribution in [0.2, 0.25) is 0 Å². The largest absolute Gasteiger partial charge is 0.370 e. The maximum absolute atomic E-state index is 11.2. The summed E-state index contributed by atoms with van der Waals surface area (Å²) in [5, 5.41) is 10.4. The fourth-order valence-corrected chi connectivity index (χ4v) is 3.27. The van der Waals surface area contributed by atoms with Gasteiger partial charge in [0.15, 0.2) is 0 Å². The molecule has 0 spiro atoms. The Hall–Kier alpha value is -2.61. The summed E-state index contributed by atoms with van der Waals surface area (Å²) in [5.41, 5.74) is 7.73. The molecule has 2 heterocycles. The number of fused-ring (bicyclic) bond motifs is 1. The molecule has 0 radical (unpaired) electrons. The molecule has 1 unspecified atom stereocenters. The van der Waals surface area contributed by atoms with Crippen LogP contribution < -0.4 is 10.6 Å². The molecule has 1 aliphatic heterocycles. The Labute approximate surface area is 129 Å². The summed E-state index contributed by atoms with van der Waals surface area (Å²) in [6.45, 7) is 1.64. The predicted octanol–water partition coefficient (Wildman–Crippen LogP) is 2.20. The Morgan fingerprint density at radius 2 is 2.27 bits per heavy atom. The smallest absolute Gasteiger partial charge is 0.217 e. The van der Waals surface area contributed by atoms with Crippen LogP contribution in [0.4, 0.5) is 5.69 Å². The normalized spacial score (nSPS) is 18.1. The number of para-hydroxylation sites is 1. The number of primary amides is 1. The molecule has 1 aliphatic rings. The quantitative estimate of drug-likeness (QED) is 0.940. The molecule has 0 aliphatic carbocycles. The second-order valence-corrected chi connectivity index (χ2v) is 5.77. The summed E-state index contributed by atoms with van der Waals surface area (Å²) in [7, 11) is 0. The molecule has 1 atom stereocenters. The molecule has 3 rings (SSSR count). The van der Waals surface area contributed by atoms with Crippen molar-refractivity contribution in [3.8, 4) is 6.07 Å². The number of anilines is 1. The van der Waals surface area contributed by atoms with Crippen LogP contribution in [0.3, 0.4) is 0 Å². The minimum absolute atomic E-state index is 0.254. The number of hydrogen-bond acceptors (Lipinski definition) is 4. The van der Waals surface area contributed by atoms with Crippen LogP contribution in [-0.4, -0.2) is 24.0 Å². The van der Waals surface area contributed by atoms with E-state index in [2.05, 4.69) is 16.0 Å². The molecule has 2 N–H and O–H groups in total. The van der Waals surface area contributed by atoms with Crippen LogP contribution in [0.1, 0.15) is 24.8 Å². The number of hydrogen-bond donors (Lipinski definition) is 1. The summed E-state index contributed by atoms with van der Waals surface area (Å²) in [6.07, 6.45) is 4.04. The number of nitrogens with zero attached hydrogens (tertiary/aromatic N) is 3. The molecule has 1 aromatic carbocycles. The summed E-state index contributed by atoms with van der Waals surface area (Å²) in [6, 6.07) is 10.1. The van der Waals surface area contributed by atoms with Crippen molar-refractivity contribution in [2.75, 3.05) is 18.0 Å². The van der Waals surface area contributed by atoms with E-state index >= 15 is 0 Å². The molecule has 2 aromatic rings. The Morgan fingerprint density at radius 3 is 3.05 bits per heavy atom. The van der Waals surface area contributed by atoms with Crippen LogP contribution in [0.5, 0.6) is 0 Å². The fraction of sp³-hybridized carbons (Fsp3) is 0.353. The van der Waals surface area contributed by atoms with Crippen molar-refractivity contribution in [1.82, 2.24) is 4.98 Å². The van der Waals surface area contributed by atoms with Gasteiger partial charge in [-0.1, -0.05) is 18.2 Å². The first-order chi connectivity index (χ1) is 10.7. The lowest BCUT2D eigenvalue weighted by molar-refractivity contribution is -0.118. The van der Waals surface area contributed by atoms with Gasteiger partial charge < -0.3 is 10.6 Å². The topological polar surface area (TPSA) is 83.0 Å². The van der Waals surface area contributed by atoms with Gasteiger partial charge in [0.05, 0.1) is 16.8 Å². The SMILES string of the molecule is N#Cc1cnc2ccccc2c1N1CCCC(CC(N)=O)C1. The minimum Gasteiger partial charge on any atom is -0.370 e. The first kappa shape index (κ1) is 14.3. The third kappa shape index (κ3) is 2.73. The standard InChI is InChI=1S/C17H18N4O/c18-9-13-10-20-15-6-2-1-5-14(15)17(13)21-7-3-4-12(11-21)8-16(19)22/h1-2,5-6,10,12H,3-4,7-8,11H2,(H2,19,22). The van der Waals surface area contributed by atoms with E-state index in [1.54, 1.807) is 6.20 Å². The van der Waals surface area contributed by atoms with Crippen LogP contribution >= 0.6 is 0 Å². The molecule has 1 fully saturated rings. The van der Waals surface area contributed by atoms with E-state index in [0.29, 0.717) is 12.0 Å². The Morgan fingerprint density at radius 1 is 1.45 bits per heavy atom. The lowest BCUT2D eigenvalue weighted by atomic mass is 9.93. The summed E-state index contributed by atoms with van der Waals surface area (Å²) in [5.74, 6) is -0.00309. The first-order valence-electron chi connectivity index (χ1n) is 7.50. The molecule has 0 bridgehead atoms. The van der Waals surface area contributed by atoms with E-state index in [9.17, 15) is 10.1 Å². The highest BCUT2D eigenvalue weighted by atomic mass is 16.1. The van der Waals surface area contributed by atoms with Crippen LogP contribution in [-0.2, 0) is 4.79 Å². The number of pyridine rings is 1. The van der Waals surface area contributed by atoms with E-state index < -0.39 is 0 Å². The van der Waals surface area contributed by atoms with Gasteiger partial charge >= 0.3 is 0 Å². The van der Waals surface area contributed by atoms with Gasteiger partial charge in [-0.3, -0.25) is 9.78 Å². The third-order valence-electron chi connectivity index (χ3n) is 4.19. The van der Waals surface area contributed by atoms with E-state index in [-0.39, 0.29) is 11.8 Å². The second kappa shape index (κ2) is 6.02. The molecule has 1 aromatic heterocycles. The zero-order valence-corrected chi connectivity index (χ0v) is 12.3. The van der Waals surface area contributed by atoms with Gasteiger partial charge in [-0.25, -0.2) is 0 Å². The van der Waals surface area contributed by atoms with Crippen LogP contribution in [0.25, 0.3) is 10.9 Å². The van der Waals surface area contributed by atoms with Crippen molar-refractivity contribution in [2.24, 2.45) is 11.7 Å². The Bertz CT molecular complexity index is 750. The third-order valence-corrected chi connectivity index (χ3v) is 4.19. The molecular formula is C17H18N4O. The van der Waals surface area contributed by atoms with Gasteiger partial charge in [-0.15, -0.1) is 0 Å². The van der Waals surface area contributed by atoms with Gasteiger partial charge in [-0.05, 0) is 24.8 Å². The number of piperidine rings is 1. The zero-order chi connectivity index (χ0) is 15.5. The molecule has 1 saturated heterocycles. The predicted molar refractivity (Wildman–Crippen MR) is 85.2 cm³/mol. The Balaban J connectivity index is 2.01. The molecule has 5 nitrogen and oxygen atoms in total. The maximum Gasteiger partial charge on any atom is 0.217 e. The highest BCUT2D eigenvalue weighted by Gasteiger charge is 2.24. The molecular weight excluding hydrogens is 276 g/mol. The van der Waals surface area contributed by atoms with Crippen molar-refractivity contribution in [1.29, 1.82) is 5.26 Å². The van der Waals surface area contributed by atoms with E-state index in [4.69, 9.17) is 5.73 Å². The highest BCUT2D eigenvalue weighted by Crippen LogP contribution is 2.33. The summed E-state index contributed by atoms with van der Waals surface area (Å²) in [4.78, 5) is 17.7. The maximum atomic E-state index is 11.2. The fourth-order valence-electron chi connectivity index (χ4n) is 3.27. The summed E-state index contributed by atoms with van der Waals surface area (Å²) < 4.78 is 0. The van der Waals surface area contributed by atoms with Gasteiger partial charge in [0, 0.05) is 31.1 Å². The number of amides is 1. The number of rotatable bonds is 3. The van der Waals surface area contributed by atoms with Gasteiger partial charge in [0.2, 0.25) is 5.91 Å². The van der Waals surface area contributed by atoms with Crippen LogP contribution in [0.15, 0.2) is 30.5 Å². The van der Waals surface area contributed by atoms with E-state index in [0.717, 1.165) is 42.5 Å². The van der Waals surface area contributed by atoms with E-state index in [1.165, 1.54) is 0 Å². The highest BCUT2D eigenvalue weighted by molar-refractivity contribution is 5.94. The van der Waals surface area contributed by atoms with Crippen molar-refractivity contribution in [3.05, 3.63) is 36.0 Å². The molecule has 112 valence electrons. The van der Waals surface area contributed by atoms with Gasteiger partial charge in [0.25, 0.3) is 0 Å². The monoisotopic (exact) mass is 294 g/mol. The number of carbonyl (C=O) groups excluding carboxylic acids is 1. The van der Waals surface area contributed by atoms with Crippen molar-refractivity contribution in [2.45, 2.75) is 19.3 Å². The number of nitrogens with two attached hydrogens (primary N) is 1.